The summed E-state index contributed by atoms with van der Waals surface area (Å²) in [7, 11) is 0. The zero-order chi connectivity index (χ0) is 11.4. The number of hydrogen-bond acceptors (Lipinski definition) is 2. The molecular formula is C13H16N2. The second-order valence-electron chi connectivity index (χ2n) is 3.43. The van der Waals surface area contributed by atoms with Crippen LogP contribution in [-0.4, -0.2) is 4.98 Å². The first-order valence-electron chi connectivity index (χ1n) is 4.78. The molecule has 1 aromatic rings. The van der Waals surface area contributed by atoms with Gasteiger partial charge in [-0.3, -0.25) is 4.98 Å². The Morgan fingerprint density at radius 1 is 1.20 bits per heavy atom. The molecule has 0 aliphatic heterocycles. The van der Waals surface area contributed by atoms with Crippen molar-refractivity contribution in [3.8, 4) is 0 Å². The molecule has 78 valence electrons. The SMILES string of the molecule is C=C/C(N)=C(\C=C)c1c(C)cncc1C. The summed E-state index contributed by atoms with van der Waals surface area (Å²) in [5.41, 5.74) is 10.7. The first-order valence-corrected chi connectivity index (χ1v) is 4.78. The highest BCUT2D eigenvalue weighted by Gasteiger charge is 2.08. The average Bonchev–Trinajstić information content (AvgIpc) is 2.22. The van der Waals surface area contributed by atoms with Gasteiger partial charge < -0.3 is 5.73 Å². The van der Waals surface area contributed by atoms with Crippen LogP contribution >= 0.6 is 0 Å². The van der Waals surface area contributed by atoms with Crippen molar-refractivity contribution >= 4 is 5.57 Å². The van der Waals surface area contributed by atoms with E-state index in [-0.39, 0.29) is 0 Å². The quantitative estimate of drug-likeness (QED) is 0.762. The Kier molecular flexibility index (Phi) is 3.45. The first-order chi connectivity index (χ1) is 7.11. The highest BCUT2D eigenvalue weighted by atomic mass is 14.6. The lowest BCUT2D eigenvalue weighted by Gasteiger charge is -2.11. The van der Waals surface area contributed by atoms with Gasteiger partial charge in [-0.25, -0.2) is 0 Å². The van der Waals surface area contributed by atoms with Gasteiger partial charge in [0.2, 0.25) is 0 Å². The number of pyridine rings is 1. The number of nitrogens with zero attached hydrogens (tertiary/aromatic N) is 1. The molecule has 0 aromatic carbocycles. The molecule has 1 heterocycles. The van der Waals surface area contributed by atoms with Crippen LogP contribution in [0.1, 0.15) is 16.7 Å². The van der Waals surface area contributed by atoms with Gasteiger partial charge in [0.1, 0.15) is 0 Å². The van der Waals surface area contributed by atoms with Crippen LogP contribution in [0, 0.1) is 13.8 Å². The Morgan fingerprint density at radius 2 is 1.73 bits per heavy atom. The van der Waals surface area contributed by atoms with Gasteiger partial charge in [0, 0.05) is 23.7 Å². The van der Waals surface area contributed by atoms with Crippen molar-refractivity contribution in [1.82, 2.24) is 4.98 Å². The third-order valence-corrected chi connectivity index (χ3v) is 2.33. The van der Waals surface area contributed by atoms with Crippen LogP contribution in [0.15, 0.2) is 43.4 Å². The second-order valence-corrected chi connectivity index (χ2v) is 3.43. The molecule has 0 amide bonds. The molecular weight excluding hydrogens is 184 g/mol. The van der Waals surface area contributed by atoms with Gasteiger partial charge in [-0.15, -0.1) is 0 Å². The number of aryl methyl sites for hydroxylation is 2. The molecule has 0 atom stereocenters. The van der Waals surface area contributed by atoms with Crippen LogP contribution in [-0.2, 0) is 0 Å². The molecule has 0 spiro atoms. The number of nitrogens with two attached hydrogens (primary N) is 1. The molecule has 0 bridgehead atoms. The molecule has 2 N–H and O–H groups in total. The van der Waals surface area contributed by atoms with Crippen LogP contribution in [0.25, 0.3) is 5.57 Å². The van der Waals surface area contributed by atoms with Crippen molar-refractivity contribution in [3.63, 3.8) is 0 Å². The molecule has 0 radical (unpaired) electrons. The van der Waals surface area contributed by atoms with Crippen molar-refractivity contribution < 1.29 is 0 Å². The highest BCUT2D eigenvalue weighted by Crippen LogP contribution is 2.24. The minimum atomic E-state index is 0.641. The zero-order valence-electron chi connectivity index (χ0n) is 9.25. The Balaban J connectivity index is 3.50. The van der Waals surface area contributed by atoms with Gasteiger partial charge in [-0.1, -0.05) is 19.2 Å². The zero-order valence-corrected chi connectivity index (χ0v) is 9.25. The Morgan fingerprint density at radius 3 is 2.13 bits per heavy atom. The van der Waals surface area contributed by atoms with Gasteiger partial charge in [-0.2, -0.15) is 0 Å². The van der Waals surface area contributed by atoms with Crippen LogP contribution in [0.5, 0.6) is 0 Å². The number of hydrogen-bond donors (Lipinski definition) is 1. The van der Waals surface area contributed by atoms with E-state index in [2.05, 4.69) is 18.1 Å². The minimum absolute atomic E-state index is 0.641. The Labute approximate surface area is 90.8 Å². The second kappa shape index (κ2) is 4.60. The predicted molar refractivity (Wildman–Crippen MR) is 65.2 cm³/mol. The van der Waals surface area contributed by atoms with Gasteiger partial charge >= 0.3 is 0 Å². The molecule has 0 fully saturated rings. The van der Waals surface area contributed by atoms with Crippen LogP contribution in [0.3, 0.4) is 0 Å². The molecule has 0 aliphatic carbocycles. The lowest BCUT2D eigenvalue weighted by molar-refractivity contribution is 1.20. The minimum Gasteiger partial charge on any atom is -0.398 e. The van der Waals surface area contributed by atoms with E-state index in [1.54, 1.807) is 12.2 Å². The Hall–Kier alpha value is -1.83. The van der Waals surface area contributed by atoms with E-state index >= 15 is 0 Å². The third kappa shape index (κ3) is 2.15. The summed E-state index contributed by atoms with van der Waals surface area (Å²) in [5, 5.41) is 0. The third-order valence-electron chi connectivity index (χ3n) is 2.33. The topological polar surface area (TPSA) is 38.9 Å². The molecule has 1 rings (SSSR count). The normalized spacial score (nSPS) is 11.9. The molecule has 2 nitrogen and oxygen atoms in total. The average molecular weight is 200 g/mol. The summed E-state index contributed by atoms with van der Waals surface area (Å²) >= 11 is 0. The molecule has 1 aromatic heterocycles. The van der Waals surface area contributed by atoms with E-state index in [4.69, 9.17) is 5.73 Å². The molecule has 2 heteroatoms. The summed E-state index contributed by atoms with van der Waals surface area (Å²) in [6, 6.07) is 0. The van der Waals surface area contributed by atoms with Gasteiger partial charge in [0.15, 0.2) is 0 Å². The summed E-state index contributed by atoms with van der Waals surface area (Å²) in [5.74, 6) is 0. The Bertz CT molecular complexity index is 408. The van der Waals surface area contributed by atoms with E-state index in [0.29, 0.717) is 5.70 Å². The van der Waals surface area contributed by atoms with E-state index < -0.39 is 0 Å². The molecule has 0 saturated heterocycles. The van der Waals surface area contributed by atoms with Crippen LogP contribution in [0.2, 0.25) is 0 Å². The fourth-order valence-electron chi connectivity index (χ4n) is 1.60. The summed E-state index contributed by atoms with van der Waals surface area (Å²) in [4.78, 5) is 4.12. The van der Waals surface area contributed by atoms with E-state index in [9.17, 15) is 0 Å². The highest BCUT2D eigenvalue weighted by molar-refractivity contribution is 5.80. The summed E-state index contributed by atoms with van der Waals surface area (Å²) in [6.07, 6.45) is 7.03. The first kappa shape index (κ1) is 11.2. The predicted octanol–water partition coefficient (Wildman–Crippen LogP) is 2.74. The smallest absolute Gasteiger partial charge is 0.0387 e. The fraction of sp³-hybridized carbons (Fsp3) is 0.154. The fourth-order valence-corrected chi connectivity index (χ4v) is 1.60. The number of aromatic nitrogens is 1. The maximum Gasteiger partial charge on any atom is 0.0387 e. The van der Waals surface area contributed by atoms with Gasteiger partial charge in [-0.05, 0) is 36.6 Å². The standard InChI is InChI=1S/C13H16N2/c1-5-11(12(14)6-2)13-9(3)7-15-8-10(13)4/h5-8H,1-2,14H2,3-4H3/b12-11-. The van der Waals surface area contributed by atoms with E-state index in [1.165, 1.54) is 0 Å². The van der Waals surface area contributed by atoms with Crippen molar-refractivity contribution in [2.75, 3.05) is 0 Å². The number of allylic oxidation sites excluding steroid dienone is 3. The molecule has 0 saturated carbocycles. The van der Waals surface area contributed by atoms with Crippen LogP contribution < -0.4 is 5.73 Å². The lowest BCUT2D eigenvalue weighted by atomic mass is 9.96. The summed E-state index contributed by atoms with van der Waals surface area (Å²) < 4.78 is 0. The van der Waals surface area contributed by atoms with E-state index in [0.717, 1.165) is 22.3 Å². The van der Waals surface area contributed by atoms with Crippen molar-refractivity contribution in [2.24, 2.45) is 5.73 Å². The van der Waals surface area contributed by atoms with Gasteiger partial charge in [0.25, 0.3) is 0 Å². The van der Waals surface area contributed by atoms with Gasteiger partial charge in [0.05, 0.1) is 0 Å². The van der Waals surface area contributed by atoms with E-state index in [1.807, 2.05) is 26.2 Å². The van der Waals surface area contributed by atoms with Crippen molar-refractivity contribution in [2.45, 2.75) is 13.8 Å². The number of rotatable bonds is 3. The van der Waals surface area contributed by atoms with Crippen molar-refractivity contribution in [1.29, 1.82) is 0 Å². The summed E-state index contributed by atoms with van der Waals surface area (Å²) in [6.45, 7) is 11.5. The van der Waals surface area contributed by atoms with Crippen LogP contribution in [0.4, 0.5) is 0 Å². The monoisotopic (exact) mass is 200 g/mol. The lowest BCUT2D eigenvalue weighted by Crippen LogP contribution is -2.01. The molecule has 15 heavy (non-hydrogen) atoms. The largest absolute Gasteiger partial charge is 0.398 e. The molecule has 0 unspecified atom stereocenters. The maximum atomic E-state index is 5.87. The molecule has 0 aliphatic rings. The van der Waals surface area contributed by atoms with Crippen molar-refractivity contribution in [3.05, 3.63) is 60.1 Å². The maximum absolute atomic E-state index is 5.87.